The molecule has 1 unspecified atom stereocenters. The number of aliphatic hydroxyl groups excluding tert-OH is 1. The third-order valence-electron chi connectivity index (χ3n) is 1.44. The summed E-state index contributed by atoms with van der Waals surface area (Å²) in [5.41, 5.74) is 0. The monoisotopic (exact) mass is 175 g/mol. The number of esters is 1. The molecule has 0 radical (unpaired) electrons. The number of nitrogens with one attached hydrogen (secondary N) is 1. The van der Waals surface area contributed by atoms with E-state index in [2.05, 4.69) is 10.1 Å². The van der Waals surface area contributed by atoms with Crippen LogP contribution >= 0.6 is 0 Å². The predicted octanol–water partition coefficient (Wildman–Crippen LogP) is -0.234. The molecule has 0 amide bonds. The largest absolute Gasteiger partial charge is 0.468 e. The topological polar surface area (TPSA) is 58.6 Å². The SMILES string of the molecule is COC(=O)C(CO)NCC(C)C. The van der Waals surface area contributed by atoms with E-state index >= 15 is 0 Å². The highest BCUT2D eigenvalue weighted by Gasteiger charge is 2.16. The van der Waals surface area contributed by atoms with Crippen molar-refractivity contribution in [3.05, 3.63) is 0 Å². The fourth-order valence-electron chi connectivity index (χ4n) is 0.743. The molecule has 0 rings (SSSR count). The lowest BCUT2D eigenvalue weighted by molar-refractivity contribution is -0.144. The normalized spacial score (nSPS) is 13.1. The molecule has 0 aliphatic carbocycles. The van der Waals surface area contributed by atoms with Gasteiger partial charge in [0, 0.05) is 0 Å². The third-order valence-corrected chi connectivity index (χ3v) is 1.44. The lowest BCUT2D eigenvalue weighted by Crippen LogP contribution is -2.42. The quantitative estimate of drug-likeness (QED) is 0.566. The molecular formula is C8H17NO3. The molecule has 0 aromatic heterocycles. The number of ether oxygens (including phenoxy) is 1. The number of rotatable bonds is 5. The smallest absolute Gasteiger partial charge is 0.325 e. The molecule has 0 bridgehead atoms. The first-order chi connectivity index (χ1) is 5.61. The molecule has 0 aliphatic heterocycles. The van der Waals surface area contributed by atoms with E-state index in [9.17, 15) is 4.79 Å². The van der Waals surface area contributed by atoms with Gasteiger partial charge in [0.2, 0.25) is 0 Å². The van der Waals surface area contributed by atoms with Crippen LogP contribution in [0.3, 0.4) is 0 Å². The van der Waals surface area contributed by atoms with E-state index in [4.69, 9.17) is 5.11 Å². The molecule has 72 valence electrons. The lowest BCUT2D eigenvalue weighted by atomic mass is 10.2. The van der Waals surface area contributed by atoms with Crippen LogP contribution in [0.5, 0.6) is 0 Å². The van der Waals surface area contributed by atoms with Crippen molar-refractivity contribution in [3.63, 3.8) is 0 Å². The van der Waals surface area contributed by atoms with Crippen molar-refractivity contribution in [3.8, 4) is 0 Å². The highest BCUT2D eigenvalue weighted by atomic mass is 16.5. The van der Waals surface area contributed by atoms with Gasteiger partial charge < -0.3 is 15.2 Å². The van der Waals surface area contributed by atoms with Crippen LogP contribution in [0.25, 0.3) is 0 Å². The summed E-state index contributed by atoms with van der Waals surface area (Å²) in [6.07, 6.45) is 0. The van der Waals surface area contributed by atoms with Gasteiger partial charge in [0.15, 0.2) is 0 Å². The second-order valence-corrected chi connectivity index (χ2v) is 3.06. The zero-order valence-corrected chi connectivity index (χ0v) is 7.83. The Morgan fingerprint density at radius 2 is 2.17 bits per heavy atom. The van der Waals surface area contributed by atoms with Crippen LogP contribution in [0, 0.1) is 5.92 Å². The molecule has 0 saturated heterocycles. The summed E-state index contributed by atoms with van der Waals surface area (Å²) >= 11 is 0. The first-order valence-electron chi connectivity index (χ1n) is 4.03. The number of hydrogen-bond acceptors (Lipinski definition) is 4. The molecule has 0 spiro atoms. The van der Waals surface area contributed by atoms with Crippen molar-refractivity contribution in [2.24, 2.45) is 5.92 Å². The Labute approximate surface area is 72.9 Å². The van der Waals surface area contributed by atoms with Crippen LogP contribution in [-0.4, -0.2) is 37.4 Å². The molecule has 0 saturated carbocycles. The van der Waals surface area contributed by atoms with E-state index in [-0.39, 0.29) is 6.61 Å². The number of carbonyl (C=O) groups is 1. The summed E-state index contributed by atoms with van der Waals surface area (Å²) in [6, 6.07) is -0.586. The Bertz CT molecular complexity index is 136. The number of carbonyl (C=O) groups excluding carboxylic acids is 1. The van der Waals surface area contributed by atoms with E-state index in [1.165, 1.54) is 7.11 Å². The van der Waals surface area contributed by atoms with Crippen molar-refractivity contribution in [2.75, 3.05) is 20.3 Å². The zero-order valence-electron chi connectivity index (χ0n) is 7.83. The van der Waals surface area contributed by atoms with Gasteiger partial charge in [0.05, 0.1) is 13.7 Å². The zero-order chi connectivity index (χ0) is 9.56. The summed E-state index contributed by atoms with van der Waals surface area (Å²) in [6.45, 7) is 4.52. The van der Waals surface area contributed by atoms with Crippen LogP contribution < -0.4 is 5.32 Å². The van der Waals surface area contributed by atoms with Gasteiger partial charge in [-0.3, -0.25) is 4.79 Å². The van der Waals surface area contributed by atoms with E-state index < -0.39 is 12.0 Å². The third kappa shape index (κ3) is 4.31. The Morgan fingerprint density at radius 1 is 1.58 bits per heavy atom. The van der Waals surface area contributed by atoms with Crippen LogP contribution in [0.2, 0.25) is 0 Å². The molecule has 0 aromatic rings. The second kappa shape index (κ2) is 5.97. The Kier molecular flexibility index (Phi) is 5.66. The average molecular weight is 175 g/mol. The van der Waals surface area contributed by atoms with Gasteiger partial charge in [0.25, 0.3) is 0 Å². The maximum atomic E-state index is 10.9. The molecule has 0 heterocycles. The highest BCUT2D eigenvalue weighted by Crippen LogP contribution is 1.91. The van der Waals surface area contributed by atoms with Crippen molar-refractivity contribution in [2.45, 2.75) is 19.9 Å². The van der Waals surface area contributed by atoms with Gasteiger partial charge in [-0.15, -0.1) is 0 Å². The number of hydrogen-bond donors (Lipinski definition) is 2. The first kappa shape index (κ1) is 11.4. The number of aliphatic hydroxyl groups is 1. The van der Waals surface area contributed by atoms with Gasteiger partial charge in [-0.1, -0.05) is 13.8 Å². The van der Waals surface area contributed by atoms with Crippen molar-refractivity contribution >= 4 is 5.97 Å². The first-order valence-corrected chi connectivity index (χ1v) is 4.03. The highest BCUT2D eigenvalue weighted by molar-refractivity contribution is 5.75. The summed E-state index contributed by atoms with van der Waals surface area (Å²) in [7, 11) is 1.31. The van der Waals surface area contributed by atoms with Crippen molar-refractivity contribution in [1.29, 1.82) is 0 Å². The van der Waals surface area contributed by atoms with Crippen LogP contribution in [-0.2, 0) is 9.53 Å². The second-order valence-electron chi connectivity index (χ2n) is 3.06. The molecule has 1 atom stereocenters. The summed E-state index contributed by atoms with van der Waals surface area (Å²) in [5.74, 6) is 0.0295. The van der Waals surface area contributed by atoms with Gasteiger partial charge >= 0.3 is 5.97 Å². The van der Waals surface area contributed by atoms with E-state index in [1.807, 2.05) is 13.8 Å². The molecule has 0 aliphatic rings. The van der Waals surface area contributed by atoms with Crippen LogP contribution in [0.4, 0.5) is 0 Å². The van der Waals surface area contributed by atoms with Crippen molar-refractivity contribution < 1.29 is 14.6 Å². The standard InChI is InChI=1S/C8H17NO3/c1-6(2)4-9-7(5-10)8(11)12-3/h6-7,9-10H,4-5H2,1-3H3. The summed E-state index contributed by atoms with van der Waals surface area (Å²) in [4.78, 5) is 10.9. The fourth-order valence-corrected chi connectivity index (χ4v) is 0.743. The molecule has 0 fully saturated rings. The minimum absolute atomic E-state index is 0.223. The molecular weight excluding hydrogens is 158 g/mol. The Hall–Kier alpha value is -0.610. The molecule has 4 heteroatoms. The van der Waals surface area contributed by atoms with Crippen molar-refractivity contribution in [1.82, 2.24) is 5.32 Å². The van der Waals surface area contributed by atoms with E-state index in [1.54, 1.807) is 0 Å². The summed E-state index contributed by atoms with van der Waals surface area (Å²) in [5, 5.41) is 11.7. The minimum atomic E-state index is -0.586. The van der Waals surface area contributed by atoms with Crippen LogP contribution in [0.15, 0.2) is 0 Å². The van der Waals surface area contributed by atoms with Gasteiger partial charge in [0.1, 0.15) is 6.04 Å². The Balaban J connectivity index is 3.75. The maximum absolute atomic E-state index is 10.9. The van der Waals surface area contributed by atoms with E-state index in [0.29, 0.717) is 12.5 Å². The Morgan fingerprint density at radius 3 is 2.50 bits per heavy atom. The minimum Gasteiger partial charge on any atom is -0.468 e. The molecule has 12 heavy (non-hydrogen) atoms. The fraction of sp³-hybridized carbons (Fsp3) is 0.875. The average Bonchev–Trinajstić information content (AvgIpc) is 2.04. The van der Waals surface area contributed by atoms with Crippen LogP contribution in [0.1, 0.15) is 13.8 Å². The van der Waals surface area contributed by atoms with Gasteiger partial charge in [-0.25, -0.2) is 0 Å². The molecule has 4 nitrogen and oxygen atoms in total. The maximum Gasteiger partial charge on any atom is 0.325 e. The lowest BCUT2D eigenvalue weighted by Gasteiger charge is -2.14. The number of methoxy groups -OCH3 is 1. The van der Waals surface area contributed by atoms with Gasteiger partial charge in [-0.2, -0.15) is 0 Å². The molecule has 2 N–H and O–H groups in total. The van der Waals surface area contributed by atoms with Gasteiger partial charge in [-0.05, 0) is 12.5 Å². The van der Waals surface area contributed by atoms with E-state index in [0.717, 1.165) is 0 Å². The molecule has 0 aromatic carbocycles. The predicted molar refractivity (Wildman–Crippen MR) is 45.7 cm³/mol. The summed E-state index contributed by atoms with van der Waals surface area (Å²) < 4.78 is 4.47.